The second-order valence-corrected chi connectivity index (χ2v) is 11.8. The number of sulfonamides is 1. The van der Waals surface area contributed by atoms with Gasteiger partial charge in [-0.3, -0.25) is 9.59 Å². The molecule has 3 rings (SSSR count). The minimum absolute atomic E-state index is 0.0206. The average Bonchev–Trinajstić information content (AvgIpc) is 2.78. The lowest BCUT2D eigenvalue weighted by atomic mass is 9.81. The molecule has 1 atom stereocenters. The third-order valence-electron chi connectivity index (χ3n) is 5.60. The van der Waals surface area contributed by atoms with E-state index in [9.17, 15) is 23.1 Å². The van der Waals surface area contributed by atoms with E-state index in [0.29, 0.717) is 5.75 Å². The van der Waals surface area contributed by atoms with Gasteiger partial charge in [0, 0.05) is 19.7 Å². The van der Waals surface area contributed by atoms with Gasteiger partial charge in [0.25, 0.3) is 10.9 Å². The van der Waals surface area contributed by atoms with E-state index in [2.05, 4.69) is 10.6 Å². The first-order valence-electron chi connectivity index (χ1n) is 10.7. The Morgan fingerprint density at radius 1 is 1.03 bits per heavy atom. The summed E-state index contributed by atoms with van der Waals surface area (Å²) in [5.74, 6) is -0.0516. The van der Waals surface area contributed by atoms with E-state index in [0.717, 1.165) is 9.87 Å². The summed E-state index contributed by atoms with van der Waals surface area (Å²) in [6.45, 7) is 5.91. The van der Waals surface area contributed by atoms with Crippen molar-refractivity contribution in [1.29, 1.82) is 0 Å². The van der Waals surface area contributed by atoms with E-state index < -0.39 is 43.0 Å². The van der Waals surface area contributed by atoms with E-state index in [-0.39, 0.29) is 22.1 Å². The quantitative estimate of drug-likeness (QED) is 0.301. The number of benzene rings is 2. The number of methoxy groups -OCH3 is 1. The summed E-state index contributed by atoms with van der Waals surface area (Å²) < 4.78 is 31.7. The largest absolute Gasteiger partial charge is 0.504 e. The maximum Gasteiger partial charge on any atom is 0.253 e. The summed E-state index contributed by atoms with van der Waals surface area (Å²) in [4.78, 5) is 24.5. The summed E-state index contributed by atoms with van der Waals surface area (Å²) in [5, 5.41) is 16.4. The number of para-hydroxylation sites is 1. The van der Waals surface area contributed by atoms with Gasteiger partial charge in [-0.15, -0.1) is 0 Å². The molecule has 9 nitrogen and oxygen atoms in total. The van der Waals surface area contributed by atoms with Crippen molar-refractivity contribution >= 4 is 38.7 Å². The number of hydrogen-bond donors (Lipinski definition) is 3. The molecule has 188 valence electrons. The van der Waals surface area contributed by atoms with Crippen molar-refractivity contribution < 1.29 is 18.3 Å². The lowest BCUT2D eigenvalue weighted by Gasteiger charge is -2.34. The number of rotatable bonds is 8. The van der Waals surface area contributed by atoms with Gasteiger partial charge in [0.05, 0.1) is 23.9 Å². The second kappa shape index (κ2) is 9.52. The fourth-order valence-corrected chi connectivity index (χ4v) is 5.15. The van der Waals surface area contributed by atoms with Gasteiger partial charge in [0.2, 0.25) is 10.0 Å². The molecule has 0 aliphatic carbocycles. The Morgan fingerprint density at radius 2 is 1.63 bits per heavy atom. The van der Waals surface area contributed by atoms with Gasteiger partial charge in [-0.1, -0.05) is 50.6 Å². The molecule has 3 aromatic carbocycles. The molecule has 0 heterocycles. The highest BCUT2D eigenvalue weighted by molar-refractivity contribution is 7.89. The number of nitrogens with zero attached hydrogens (tertiary/aromatic N) is 1. The van der Waals surface area contributed by atoms with Gasteiger partial charge in [-0.2, -0.15) is 0 Å². The van der Waals surface area contributed by atoms with Crippen LogP contribution >= 0.6 is 11.6 Å². The monoisotopic (exact) mass is 521 g/mol. The molecule has 0 radical (unpaired) electrons. The highest BCUT2D eigenvalue weighted by Gasteiger charge is 2.33. The first-order valence-corrected chi connectivity index (χ1v) is 12.5. The van der Waals surface area contributed by atoms with Crippen molar-refractivity contribution in [1.82, 2.24) is 4.31 Å². The number of halogens is 1. The van der Waals surface area contributed by atoms with Gasteiger partial charge in [0.1, 0.15) is 22.0 Å². The summed E-state index contributed by atoms with van der Waals surface area (Å²) in [6, 6.07) is 9.53. The zero-order chi connectivity index (χ0) is 26.3. The number of nitrogens with one attached hydrogen (secondary N) is 2. The van der Waals surface area contributed by atoms with Crippen LogP contribution in [0.15, 0.2) is 50.9 Å². The molecule has 0 fully saturated rings. The molecule has 0 saturated heterocycles. The zero-order valence-corrected chi connectivity index (χ0v) is 21.8. The molecule has 0 bridgehead atoms. The van der Waals surface area contributed by atoms with Crippen LogP contribution in [0, 0.1) is 5.41 Å². The Morgan fingerprint density at radius 3 is 2.20 bits per heavy atom. The van der Waals surface area contributed by atoms with E-state index >= 15 is 0 Å². The van der Waals surface area contributed by atoms with Crippen molar-refractivity contribution in [2.45, 2.75) is 31.7 Å². The number of anilines is 3. The highest BCUT2D eigenvalue weighted by Crippen LogP contribution is 2.42. The fourth-order valence-electron chi connectivity index (χ4n) is 3.67. The molecular formula is C24H28ClN3O6S. The fraction of sp³-hybridized carbons (Fsp3) is 0.333. The van der Waals surface area contributed by atoms with Crippen molar-refractivity contribution in [2.75, 3.05) is 31.8 Å². The minimum Gasteiger partial charge on any atom is -0.504 e. The first kappa shape index (κ1) is 26.5. The number of aromatic hydroxyl groups is 1. The molecule has 3 N–H and O–H groups in total. The van der Waals surface area contributed by atoms with Crippen LogP contribution in [-0.2, 0) is 10.0 Å². The maximum absolute atomic E-state index is 12.6. The Kier molecular flexibility index (Phi) is 7.21. The SMILES string of the molecule is COc1ccccc1C(Nc1c(Nc2ccc(Cl)c(S(=O)(=O)N(C)C)c2O)c(=O)c1=O)C(C)(C)C. The average molecular weight is 522 g/mol. The predicted molar refractivity (Wildman–Crippen MR) is 137 cm³/mol. The predicted octanol–water partition coefficient (Wildman–Crippen LogP) is 3.84. The van der Waals surface area contributed by atoms with Crippen molar-refractivity contribution in [3.63, 3.8) is 0 Å². The van der Waals surface area contributed by atoms with E-state index in [1.54, 1.807) is 13.2 Å². The lowest BCUT2D eigenvalue weighted by molar-refractivity contribution is 0.332. The van der Waals surface area contributed by atoms with E-state index in [4.69, 9.17) is 16.3 Å². The molecule has 11 heteroatoms. The van der Waals surface area contributed by atoms with Crippen LogP contribution in [0.3, 0.4) is 0 Å². The molecule has 0 spiro atoms. The summed E-state index contributed by atoms with van der Waals surface area (Å²) in [6.07, 6.45) is 0. The van der Waals surface area contributed by atoms with Crippen LogP contribution in [-0.4, -0.2) is 39.0 Å². The third kappa shape index (κ3) is 4.86. The molecular weight excluding hydrogens is 494 g/mol. The van der Waals surface area contributed by atoms with Gasteiger partial charge >= 0.3 is 0 Å². The summed E-state index contributed by atoms with van der Waals surface area (Å²) in [5.41, 5.74) is -1.30. The van der Waals surface area contributed by atoms with Crippen molar-refractivity contribution in [2.24, 2.45) is 5.41 Å². The van der Waals surface area contributed by atoms with Crippen molar-refractivity contribution in [3.8, 4) is 11.5 Å². The van der Waals surface area contributed by atoms with E-state index in [1.807, 2.05) is 39.0 Å². The van der Waals surface area contributed by atoms with Crippen LogP contribution < -0.4 is 26.2 Å². The number of phenolic OH excluding ortho intramolecular Hbond substituents is 1. The molecule has 35 heavy (non-hydrogen) atoms. The topological polar surface area (TPSA) is 125 Å². The highest BCUT2D eigenvalue weighted by atomic mass is 35.5. The van der Waals surface area contributed by atoms with Gasteiger partial charge < -0.3 is 20.5 Å². The van der Waals surface area contributed by atoms with Crippen LogP contribution in [0.2, 0.25) is 5.02 Å². The number of phenols is 1. The van der Waals surface area contributed by atoms with Crippen LogP contribution in [0.5, 0.6) is 11.5 Å². The van der Waals surface area contributed by atoms with Crippen LogP contribution in [0.4, 0.5) is 17.1 Å². The Bertz CT molecular complexity index is 1440. The first-order chi connectivity index (χ1) is 16.2. The Labute approximate surface area is 209 Å². The molecule has 0 amide bonds. The number of hydrogen-bond acceptors (Lipinski definition) is 8. The maximum atomic E-state index is 12.6. The zero-order valence-electron chi connectivity index (χ0n) is 20.3. The minimum atomic E-state index is -4.09. The molecule has 0 saturated carbocycles. The number of ether oxygens (including phenoxy) is 1. The Hall–Kier alpha value is -3.08. The van der Waals surface area contributed by atoms with Gasteiger partial charge in [-0.25, -0.2) is 12.7 Å². The van der Waals surface area contributed by atoms with Crippen LogP contribution in [0.25, 0.3) is 0 Å². The van der Waals surface area contributed by atoms with E-state index in [1.165, 1.54) is 26.2 Å². The normalized spacial score (nSPS) is 13.1. The second-order valence-electron chi connectivity index (χ2n) is 9.28. The summed E-state index contributed by atoms with van der Waals surface area (Å²) >= 11 is 6.06. The smallest absolute Gasteiger partial charge is 0.253 e. The summed E-state index contributed by atoms with van der Waals surface area (Å²) in [7, 11) is 0.0559. The third-order valence-corrected chi connectivity index (χ3v) is 7.91. The molecule has 3 aromatic rings. The molecule has 1 unspecified atom stereocenters. The molecule has 0 aliphatic rings. The van der Waals surface area contributed by atoms with Gasteiger partial charge in [0.15, 0.2) is 5.75 Å². The van der Waals surface area contributed by atoms with Gasteiger partial charge in [-0.05, 0) is 23.6 Å². The standard InChI is InChI=1S/C24H28ClN3O6S/c1-24(2,3)23(13-9-7-8-10-16(13)34-6)27-18-17(20(30)21(18)31)26-15-12-11-14(25)22(19(15)29)35(32,33)28(4)5/h7-12,23,26-27,29H,1-6H3. The Balaban J connectivity index is 2.06. The lowest BCUT2D eigenvalue weighted by Crippen LogP contribution is -2.39. The van der Waals surface area contributed by atoms with Crippen LogP contribution in [0.1, 0.15) is 32.4 Å². The molecule has 0 aliphatic heterocycles. The van der Waals surface area contributed by atoms with Crippen molar-refractivity contribution in [3.05, 3.63) is 67.4 Å². The molecule has 0 aromatic heterocycles.